The summed E-state index contributed by atoms with van der Waals surface area (Å²) in [6.45, 7) is 0. The molecule has 2 N–H and O–H groups in total. The molecule has 1 fully saturated rings. The molecule has 0 saturated heterocycles. The van der Waals surface area contributed by atoms with Crippen molar-refractivity contribution in [1.82, 2.24) is 10.1 Å². The van der Waals surface area contributed by atoms with Gasteiger partial charge >= 0.3 is 0 Å². The first-order chi connectivity index (χ1) is 10.7. The van der Waals surface area contributed by atoms with Gasteiger partial charge in [0.1, 0.15) is 0 Å². The second-order valence-corrected chi connectivity index (χ2v) is 6.63. The lowest BCUT2D eigenvalue weighted by molar-refractivity contribution is 0.283. The summed E-state index contributed by atoms with van der Waals surface area (Å²) in [6.07, 6.45) is 8.14. The number of hydrogen-bond donors (Lipinski definition) is 1. The minimum atomic E-state index is -0.144. The van der Waals surface area contributed by atoms with Gasteiger partial charge in [0, 0.05) is 11.4 Å². The molecule has 1 aromatic carbocycles. The highest BCUT2D eigenvalue weighted by molar-refractivity contribution is 6.30. The second-order valence-electron chi connectivity index (χ2n) is 6.20. The smallest absolute Gasteiger partial charge is 0.243 e. The van der Waals surface area contributed by atoms with Gasteiger partial charge in [-0.05, 0) is 30.0 Å². The minimum Gasteiger partial charge on any atom is -0.338 e. The SMILES string of the molecule is NC(CC1CCCCC1)c1nc(Cc2ccc(Cl)cc2)no1. The Hall–Kier alpha value is -1.39. The van der Waals surface area contributed by atoms with E-state index in [1.165, 1.54) is 32.1 Å². The molecule has 1 unspecified atom stereocenters. The Morgan fingerprint density at radius 3 is 2.64 bits per heavy atom. The molecule has 118 valence electrons. The van der Waals surface area contributed by atoms with Gasteiger partial charge in [0.15, 0.2) is 5.82 Å². The van der Waals surface area contributed by atoms with Crippen molar-refractivity contribution < 1.29 is 4.52 Å². The van der Waals surface area contributed by atoms with Crippen LogP contribution in [0.4, 0.5) is 0 Å². The van der Waals surface area contributed by atoms with Gasteiger partial charge in [-0.15, -0.1) is 0 Å². The molecule has 1 aromatic heterocycles. The Morgan fingerprint density at radius 2 is 1.91 bits per heavy atom. The lowest BCUT2D eigenvalue weighted by Gasteiger charge is -2.22. The second kappa shape index (κ2) is 7.25. The van der Waals surface area contributed by atoms with Crippen molar-refractivity contribution in [1.29, 1.82) is 0 Å². The number of nitrogens with two attached hydrogens (primary N) is 1. The van der Waals surface area contributed by atoms with Crippen molar-refractivity contribution in [3.8, 4) is 0 Å². The first-order valence-electron chi connectivity index (χ1n) is 8.03. The molecule has 1 aliphatic carbocycles. The van der Waals surface area contributed by atoms with E-state index >= 15 is 0 Å². The number of rotatable bonds is 5. The highest BCUT2D eigenvalue weighted by Gasteiger charge is 2.21. The molecular weight excluding hydrogens is 298 g/mol. The Kier molecular flexibility index (Phi) is 5.11. The molecule has 1 heterocycles. The van der Waals surface area contributed by atoms with Gasteiger partial charge in [0.2, 0.25) is 5.89 Å². The zero-order valence-electron chi connectivity index (χ0n) is 12.7. The predicted octanol–water partition coefficient (Wildman–Crippen LogP) is 4.28. The summed E-state index contributed by atoms with van der Waals surface area (Å²) < 4.78 is 5.35. The van der Waals surface area contributed by atoms with Crippen molar-refractivity contribution in [3.05, 3.63) is 46.6 Å². The molecule has 1 atom stereocenters. The minimum absolute atomic E-state index is 0.144. The summed E-state index contributed by atoms with van der Waals surface area (Å²) in [5.41, 5.74) is 7.35. The van der Waals surface area contributed by atoms with E-state index in [9.17, 15) is 0 Å². The van der Waals surface area contributed by atoms with Crippen LogP contribution in [0.1, 0.15) is 61.8 Å². The Balaban J connectivity index is 1.58. The van der Waals surface area contributed by atoms with Crippen molar-refractivity contribution in [2.45, 2.75) is 51.0 Å². The third-order valence-corrected chi connectivity index (χ3v) is 4.64. The lowest BCUT2D eigenvalue weighted by atomic mass is 9.85. The van der Waals surface area contributed by atoms with Gasteiger partial charge in [-0.3, -0.25) is 0 Å². The maximum Gasteiger partial charge on any atom is 0.243 e. The fourth-order valence-electron chi connectivity index (χ4n) is 3.16. The fourth-order valence-corrected chi connectivity index (χ4v) is 3.28. The van der Waals surface area contributed by atoms with Crippen LogP contribution in [0.15, 0.2) is 28.8 Å². The number of halogens is 1. The molecule has 5 heteroatoms. The summed E-state index contributed by atoms with van der Waals surface area (Å²) in [4.78, 5) is 4.46. The highest BCUT2D eigenvalue weighted by atomic mass is 35.5. The van der Waals surface area contributed by atoms with E-state index in [0.29, 0.717) is 24.1 Å². The molecule has 0 bridgehead atoms. The van der Waals surface area contributed by atoms with Gasteiger partial charge in [-0.1, -0.05) is 61.0 Å². The van der Waals surface area contributed by atoms with Crippen molar-refractivity contribution >= 4 is 11.6 Å². The van der Waals surface area contributed by atoms with Gasteiger partial charge in [-0.2, -0.15) is 4.98 Å². The normalized spacial score (nSPS) is 17.5. The number of aromatic nitrogens is 2. The fraction of sp³-hybridized carbons (Fsp3) is 0.529. The molecule has 0 aliphatic heterocycles. The van der Waals surface area contributed by atoms with Gasteiger partial charge in [0.05, 0.1) is 6.04 Å². The maximum absolute atomic E-state index is 6.24. The molecule has 2 aromatic rings. The van der Waals surface area contributed by atoms with Crippen LogP contribution in [0.2, 0.25) is 5.02 Å². The van der Waals surface area contributed by atoms with Crippen LogP contribution in [0.25, 0.3) is 0 Å². The van der Waals surface area contributed by atoms with Gasteiger partial charge in [-0.25, -0.2) is 0 Å². The highest BCUT2D eigenvalue weighted by Crippen LogP contribution is 2.30. The third-order valence-electron chi connectivity index (χ3n) is 4.39. The van der Waals surface area contributed by atoms with Crippen LogP contribution in [-0.4, -0.2) is 10.1 Å². The van der Waals surface area contributed by atoms with Crippen molar-refractivity contribution in [3.63, 3.8) is 0 Å². The van der Waals surface area contributed by atoms with E-state index in [-0.39, 0.29) is 6.04 Å². The predicted molar refractivity (Wildman–Crippen MR) is 86.7 cm³/mol. The molecule has 0 radical (unpaired) electrons. The molecule has 0 spiro atoms. The van der Waals surface area contributed by atoms with E-state index in [1.807, 2.05) is 24.3 Å². The molecular formula is C17H22ClN3O. The summed E-state index contributed by atoms with van der Waals surface area (Å²) >= 11 is 5.89. The first kappa shape index (κ1) is 15.5. The van der Waals surface area contributed by atoms with Crippen molar-refractivity contribution in [2.75, 3.05) is 0 Å². The first-order valence-corrected chi connectivity index (χ1v) is 8.41. The Labute approximate surface area is 136 Å². The van der Waals surface area contributed by atoms with E-state index in [0.717, 1.165) is 17.0 Å². The standard InChI is InChI=1S/C17H22ClN3O/c18-14-8-6-13(7-9-14)11-16-20-17(22-21-16)15(19)10-12-4-2-1-3-5-12/h6-9,12,15H,1-5,10-11,19H2. The van der Waals surface area contributed by atoms with Gasteiger partial charge in [0.25, 0.3) is 0 Å². The lowest BCUT2D eigenvalue weighted by Crippen LogP contribution is -2.17. The van der Waals surface area contributed by atoms with E-state index in [1.54, 1.807) is 0 Å². The molecule has 3 rings (SSSR count). The van der Waals surface area contributed by atoms with Gasteiger partial charge < -0.3 is 10.3 Å². The van der Waals surface area contributed by atoms with Crippen LogP contribution < -0.4 is 5.73 Å². The Morgan fingerprint density at radius 1 is 1.18 bits per heavy atom. The topological polar surface area (TPSA) is 64.9 Å². The molecule has 4 nitrogen and oxygen atoms in total. The molecule has 0 amide bonds. The van der Waals surface area contributed by atoms with Crippen LogP contribution in [0, 0.1) is 5.92 Å². The molecule has 22 heavy (non-hydrogen) atoms. The number of nitrogens with zero attached hydrogens (tertiary/aromatic N) is 2. The zero-order chi connectivity index (χ0) is 15.4. The van der Waals surface area contributed by atoms with E-state index in [4.69, 9.17) is 21.9 Å². The maximum atomic E-state index is 6.24. The van der Waals surface area contributed by atoms with Crippen LogP contribution in [0.3, 0.4) is 0 Å². The number of benzene rings is 1. The molecule has 1 aliphatic rings. The average Bonchev–Trinajstić information content (AvgIpc) is 2.99. The number of hydrogen-bond acceptors (Lipinski definition) is 4. The van der Waals surface area contributed by atoms with Crippen molar-refractivity contribution in [2.24, 2.45) is 11.7 Å². The monoisotopic (exact) mass is 319 g/mol. The van der Waals surface area contributed by atoms with Crippen LogP contribution in [0.5, 0.6) is 0 Å². The summed E-state index contributed by atoms with van der Waals surface area (Å²) in [5, 5.41) is 4.78. The van der Waals surface area contributed by atoms with E-state index < -0.39 is 0 Å². The zero-order valence-corrected chi connectivity index (χ0v) is 13.4. The van der Waals surface area contributed by atoms with Crippen LogP contribution in [-0.2, 0) is 6.42 Å². The molecule has 1 saturated carbocycles. The summed E-state index contributed by atoms with van der Waals surface area (Å²) in [7, 11) is 0. The summed E-state index contributed by atoms with van der Waals surface area (Å²) in [5.74, 6) is 1.95. The average molecular weight is 320 g/mol. The quantitative estimate of drug-likeness (QED) is 0.893. The summed E-state index contributed by atoms with van der Waals surface area (Å²) in [6, 6.07) is 7.54. The largest absolute Gasteiger partial charge is 0.338 e. The third kappa shape index (κ3) is 4.08. The Bertz CT molecular complexity index is 590. The van der Waals surface area contributed by atoms with E-state index in [2.05, 4.69) is 10.1 Å². The van der Waals surface area contributed by atoms with Crippen LogP contribution >= 0.6 is 11.6 Å².